The Kier molecular flexibility index (Phi) is 27.5. The van der Waals surface area contributed by atoms with E-state index in [9.17, 15) is 62.0 Å². The second-order valence-corrected chi connectivity index (χ2v) is 31.9. The molecule has 6 aromatic rings. The van der Waals surface area contributed by atoms with Gasteiger partial charge in [0.25, 0.3) is 17.7 Å². The molecule has 5 N–H and O–H groups in total. The Labute approximate surface area is 595 Å². The lowest BCUT2D eigenvalue weighted by Gasteiger charge is -2.36. The first-order valence-electron chi connectivity index (χ1n) is 28.8. The van der Waals surface area contributed by atoms with Gasteiger partial charge in [-0.05, 0) is 160 Å². The first-order chi connectivity index (χ1) is 44.6. The number of nitrogens with zero attached hydrogens (tertiary/aromatic N) is 3. The van der Waals surface area contributed by atoms with Crippen LogP contribution in [0.15, 0.2) is 84.9 Å². The Balaban J connectivity index is 0.000000176. The molecule has 5 fully saturated rings. The van der Waals surface area contributed by atoms with E-state index in [0.717, 1.165) is 100 Å². The van der Waals surface area contributed by atoms with E-state index in [1.54, 1.807) is 19.9 Å². The van der Waals surface area contributed by atoms with Gasteiger partial charge in [0.1, 0.15) is 23.3 Å². The molecule has 2 heterocycles. The number of nitrogens with one attached hydrogen (secondary N) is 4. The summed E-state index contributed by atoms with van der Waals surface area (Å²) >= 11 is 50.6. The molecule has 0 bridgehead atoms. The lowest BCUT2D eigenvalue weighted by Crippen LogP contribution is -2.46. The predicted molar refractivity (Wildman–Crippen MR) is 368 cm³/mol. The molecule has 11 rings (SSSR count). The summed E-state index contributed by atoms with van der Waals surface area (Å²) in [5.74, 6) is -7.45. The molecule has 0 aromatic heterocycles. The normalized spacial score (nSPS) is 15.7. The van der Waals surface area contributed by atoms with Crippen molar-refractivity contribution in [2.45, 2.75) is 80.0 Å². The van der Waals surface area contributed by atoms with Gasteiger partial charge >= 0.3 is 5.97 Å². The minimum Gasteiger partial charge on any atom is -0.478 e. The SMILES string of the molecule is Cc1cc(F)c(C(=O)NS(=O)(=O)C2CC2)cc1Cl.Cc1cc(F)c(C(=O)O)cc1Cl.Clc1ccc(N2CCNCC2)cc1Cl.O=C(NS(=O)(=O)C1CC1)c1cc(Cl)c(CBr)cc1F.O=C(NS(=O)(=O)C1CC1)c1cc(Cl)c(CN2CCN(c3ccc(Cl)c(Cl)c3)CC2)cc1F. The third kappa shape index (κ3) is 22.0. The topological polar surface area (TPSA) is 249 Å². The zero-order valence-corrected chi connectivity index (χ0v) is 60.2. The van der Waals surface area contributed by atoms with Gasteiger partial charge in [0.2, 0.25) is 30.1 Å². The van der Waals surface area contributed by atoms with Gasteiger partial charge in [0.05, 0.1) is 58.1 Å². The van der Waals surface area contributed by atoms with Crippen molar-refractivity contribution in [3.63, 3.8) is 0 Å². The van der Waals surface area contributed by atoms with Crippen molar-refractivity contribution in [2.75, 3.05) is 62.2 Å². The third-order valence-corrected chi connectivity index (χ3v) is 23.9. The number of amides is 3. The predicted octanol–water partition coefficient (Wildman–Crippen LogP) is 13.8. The molecule has 5 aliphatic rings. The number of aromatic carboxylic acids is 1. The van der Waals surface area contributed by atoms with Crippen molar-refractivity contribution < 1.29 is 67.1 Å². The highest BCUT2D eigenvalue weighted by Crippen LogP contribution is 2.34. The number of benzene rings is 6. The second kappa shape index (κ2) is 33.8. The molecule has 2 aliphatic heterocycles. The number of anilines is 2. The molecule has 6 aromatic carbocycles. The molecule has 2 saturated heterocycles. The summed E-state index contributed by atoms with van der Waals surface area (Å²) < 4.78 is 131. The molecule has 3 aliphatic carbocycles. The largest absolute Gasteiger partial charge is 0.478 e. The van der Waals surface area contributed by atoms with Crippen molar-refractivity contribution in [3.8, 4) is 0 Å². The van der Waals surface area contributed by atoms with Crippen LogP contribution in [-0.4, -0.2) is 127 Å². The molecule has 0 spiro atoms. The van der Waals surface area contributed by atoms with Crippen molar-refractivity contribution in [3.05, 3.63) is 193 Å². The summed E-state index contributed by atoms with van der Waals surface area (Å²) in [4.78, 5) is 52.7. The molecular formula is C61H60BrCl8F4N7O11S3. The molecule has 95 heavy (non-hydrogen) atoms. The highest BCUT2D eigenvalue weighted by atomic mass is 79.9. The van der Waals surface area contributed by atoms with E-state index in [-0.39, 0.29) is 36.8 Å². The Bertz CT molecular complexity index is 4250. The summed E-state index contributed by atoms with van der Waals surface area (Å²) in [6.07, 6.45) is 3.11. The van der Waals surface area contributed by atoms with E-state index < -0.39 is 98.3 Å². The first kappa shape index (κ1) is 77.4. The molecule has 514 valence electrons. The van der Waals surface area contributed by atoms with Crippen LogP contribution in [-0.2, 0) is 41.9 Å². The molecule has 0 radical (unpaired) electrons. The number of aryl methyl sites for hydroxylation is 2. The molecule has 0 atom stereocenters. The van der Waals surface area contributed by atoms with Crippen LogP contribution in [0.2, 0.25) is 40.2 Å². The molecular weight excluding hydrogens is 1540 g/mol. The number of sulfonamides is 3. The van der Waals surface area contributed by atoms with Gasteiger partial charge in [-0.15, -0.1) is 0 Å². The maximum Gasteiger partial charge on any atom is 0.338 e. The van der Waals surface area contributed by atoms with Gasteiger partial charge in [-0.1, -0.05) is 109 Å². The summed E-state index contributed by atoms with van der Waals surface area (Å²) in [5, 5.41) is 13.6. The monoisotopic (exact) mass is 1600 g/mol. The number of piperazine rings is 2. The van der Waals surface area contributed by atoms with Crippen LogP contribution < -0.4 is 29.3 Å². The fourth-order valence-electron chi connectivity index (χ4n) is 9.01. The van der Waals surface area contributed by atoms with Crippen molar-refractivity contribution in [1.29, 1.82) is 0 Å². The quantitative estimate of drug-likeness (QED) is 0.0474. The number of carbonyl (C=O) groups is 4. The van der Waals surface area contributed by atoms with Gasteiger partial charge in [-0.2, -0.15) is 0 Å². The average Bonchev–Trinajstić information content (AvgIpc) is 1.79. The van der Waals surface area contributed by atoms with E-state index in [2.05, 4.69) is 35.9 Å². The summed E-state index contributed by atoms with van der Waals surface area (Å²) in [5.41, 5.74) is 2.65. The van der Waals surface area contributed by atoms with E-state index in [1.165, 1.54) is 12.1 Å². The molecule has 3 saturated carbocycles. The summed E-state index contributed by atoms with van der Waals surface area (Å²) in [7, 11) is -11.1. The Hall–Kier alpha value is -4.91. The smallest absolute Gasteiger partial charge is 0.338 e. The van der Waals surface area contributed by atoms with Crippen LogP contribution in [0.4, 0.5) is 28.9 Å². The Morgan fingerprint density at radius 3 is 1.17 bits per heavy atom. The number of hydrogen-bond donors (Lipinski definition) is 5. The number of carboxylic acid groups (broad SMARTS) is 1. The number of alkyl halides is 1. The second-order valence-electron chi connectivity index (χ2n) is 22.2. The van der Waals surface area contributed by atoms with Crippen LogP contribution in [0.25, 0.3) is 0 Å². The van der Waals surface area contributed by atoms with Gasteiger partial charge in [0.15, 0.2) is 0 Å². The van der Waals surface area contributed by atoms with E-state index in [0.29, 0.717) is 92.7 Å². The van der Waals surface area contributed by atoms with E-state index in [1.807, 2.05) is 44.5 Å². The highest BCUT2D eigenvalue weighted by molar-refractivity contribution is 9.08. The Morgan fingerprint density at radius 1 is 0.463 bits per heavy atom. The third-order valence-electron chi connectivity index (χ3n) is 14.9. The van der Waals surface area contributed by atoms with E-state index in [4.69, 9.17) is 97.9 Å². The van der Waals surface area contributed by atoms with Gasteiger partial charge in [0, 0.05) is 95.7 Å². The molecule has 34 heteroatoms. The van der Waals surface area contributed by atoms with Crippen LogP contribution >= 0.6 is 109 Å². The maximum atomic E-state index is 14.6. The number of carbonyl (C=O) groups excluding carboxylic acids is 3. The van der Waals surface area contributed by atoms with Crippen molar-refractivity contribution >= 4 is 174 Å². The molecule has 0 unspecified atom stereocenters. The van der Waals surface area contributed by atoms with Crippen LogP contribution in [0, 0.1) is 37.1 Å². The van der Waals surface area contributed by atoms with Crippen LogP contribution in [0.5, 0.6) is 0 Å². The summed E-state index contributed by atoms with van der Waals surface area (Å²) in [6, 6.07) is 20.4. The van der Waals surface area contributed by atoms with Crippen molar-refractivity contribution in [2.24, 2.45) is 0 Å². The number of rotatable bonds is 15. The van der Waals surface area contributed by atoms with Crippen LogP contribution in [0.3, 0.4) is 0 Å². The number of halogens is 13. The molecule has 3 amide bonds. The standard InChI is InChI=1S/C21H21Cl3FN3O3S.C11H10BrClFNO3S.C11H11ClFNO3S.C10H12Cl2N2.C8H6ClFO2/c22-17-4-1-14(10-19(17)24)28-7-5-27(6-8-28)12-13-9-20(25)16(11-18(13)23)21(29)26-32(30,31)15-2-3-15;12-5-6-3-10(14)8(4-9(6)13)11(16)15-19(17,18)7-1-2-7;1-6-4-10(13)8(5-9(6)12)11(15)14-18(16,17)7-2-3-7;11-9-2-1-8(7-10(9)12)14-5-3-13-4-6-14;1-4-2-7(10)5(8(11)12)3-6(4)9/h1,4,9-11,15H,2-3,5-8,12H2,(H,26,29);3-4,7H,1-2,5H2,(H,15,16);4-5,7H,2-3H2,1H3,(H,14,15);1-2,7,13H,3-6H2;2-3H,1H3,(H,11,12). The lowest BCUT2D eigenvalue weighted by molar-refractivity contribution is 0.0690. The van der Waals surface area contributed by atoms with Gasteiger partial charge < -0.3 is 20.2 Å². The highest BCUT2D eigenvalue weighted by Gasteiger charge is 2.39. The minimum atomic E-state index is -3.77. The molecule has 18 nitrogen and oxygen atoms in total. The van der Waals surface area contributed by atoms with E-state index >= 15 is 0 Å². The van der Waals surface area contributed by atoms with Crippen molar-refractivity contribution in [1.82, 2.24) is 24.4 Å². The zero-order chi connectivity index (χ0) is 70.0. The number of carboxylic acids is 1. The van der Waals surface area contributed by atoms with Gasteiger partial charge in [-0.3, -0.25) is 19.3 Å². The fourth-order valence-corrected chi connectivity index (χ4v) is 14.9. The minimum absolute atomic E-state index is 0.201. The fraction of sp³-hybridized carbons (Fsp3) is 0.344. The maximum absolute atomic E-state index is 14.6. The average molecular weight is 1600 g/mol. The zero-order valence-electron chi connectivity index (χ0n) is 50.1. The summed E-state index contributed by atoms with van der Waals surface area (Å²) in [6.45, 7) is 10.7. The Morgan fingerprint density at radius 2 is 0.800 bits per heavy atom. The van der Waals surface area contributed by atoms with Crippen LogP contribution in [0.1, 0.15) is 102 Å². The first-order valence-corrected chi connectivity index (χ1v) is 37.5. The lowest BCUT2D eigenvalue weighted by atomic mass is 10.1. The number of hydrogen-bond acceptors (Lipinski definition) is 14. The van der Waals surface area contributed by atoms with Gasteiger partial charge in [-0.25, -0.2) is 61.8 Å².